The van der Waals surface area contributed by atoms with Gasteiger partial charge in [0.15, 0.2) is 0 Å². The maximum absolute atomic E-state index is 5.68. The van der Waals surface area contributed by atoms with Crippen LogP contribution in [0.3, 0.4) is 0 Å². The molecule has 1 atom stereocenters. The van der Waals surface area contributed by atoms with Gasteiger partial charge in [0.05, 0.1) is 11.7 Å². The number of ether oxygens (including phenoxy) is 1. The summed E-state index contributed by atoms with van der Waals surface area (Å²) < 4.78 is 5.68. The van der Waals surface area contributed by atoms with Crippen LogP contribution in [0.1, 0.15) is 40.5 Å². The predicted octanol–water partition coefficient (Wildman–Crippen LogP) is 1.93. The topological polar surface area (TPSA) is 35.2 Å². The molecule has 0 amide bonds. The van der Waals surface area contributed by atoms with Crippen LogP contribution in [0.25, 0.3) is 0 Å². The zero-order valence-electron chi connectivity index (χ0n) is 8.18. The van der Waals surface area contributed by atoms with Gasteiger partial charge in [0.2, 0.25) is 0 Å². The smallest absolute Gasteiger partial charge is 0.0602 e. The van der Waals surface area contributed by atoms with Crippen molar-refractivity contribution in [3.05, 3.63) is 0 Å². The van der Waals surface area contributed by atoms with E-state index >= 15 is 0 Å². The van der Waals surface area contributed by atoms with Crippen molar-refractivity contribution in [1.29, 1.82) is 0 Å². The highest BCUT2D eigenvalue weighted by Crippen LogP contribution is 2.13. The van der Waals surface area contributed by atoms with Gasteiger partial charge in [-0.15, -0.1) is 0 Å². The molecule has 0 saturated heterocycles. The average Bonchev–Trinajstić information content (AvgIpc) is 1.79. The average molecular weight is 159 g/mol. The fourth-order valence-corrected chi connectivity index (χ4v) is 1.07. The molecule has 0 saturated carbocycles. The quantitative estimate of drug-likeness (QED) is 0.680. The minimum Gasteiger partial charge on any atom is -0.373 e. The van der Waals surface area contributed by atoms with Gasteiger partial charge in [0, 0.05) is 0 Å². The van der Waals surface area contributed by atoms with Gasteiger partial charge in [-0.05, 0) is 47.1 Å². The Morgan fingerprint density at radius 3 is 2.27 bits per heavy atom. The lowest BCUT2D eigenvalue weighted by atomic mass is 10.1. The van der Waals surface area contributed by atoms with Crippen LogP contribution in [-0.2, 0) is 4.74 Å². The van der Waals surface area contributed by atoms with Crippen LogP contribution in [0.2, 0.25) is 0 Å². The first-order chi connectivity index (χ1) is 4.95. The van der Waals surface area contributed by atoms with Crippen molar-refractivity contribution < 1.29 is 4.74 Å². The highest BCUT2D eigenvalue weighted by molar-refractivity contribution is 4.63. The molecular formula is C9H21NO. The van der Waals surface area contributed by atoms with Gasteiger partial charge in [-0.3, -0.25) is 0 Å². The molecule has 0 aromatic heterocycles. The molecule has 0 bridgehead atoms. The van der Waals surface area contributed by atoms with Gasteiger partial charge in [-0.25, -0.2) is 0 Å². The maximum atomic E-state index is 5.68. The van der Waals surface area contributed by atoms with Crippen LogP contribution in [-0.4, -0.2) is 18.2 Å². The summed E-state index contributed by atoms with van der Waals surface area (Å²) in [6.45, 7) is 9.09. The monoisotopic (exact) mass is 159 g/mol. The van der Waals surface area contributed by atoms with Crippen molar-refractivity contribution in [2.45, 2.75) is 52.2 Å². The molecule has 0 rings (SSSR count). The third-order valence-corrected chi connectivity index (χ3v) is 1.37. The Balaban J connectivity index is 3.44. The Labute approximate surface area is 70.1 Å². The molecule has 0 heterocycles. The summed E-state index contributed by atoms with van der Waals surface area (Å²) in [5.41, 5.74) is 5.37. The molecule has 0 aliphatic carbocycles. The van der Waals surface area contributed by atoms with Gasteiger partial charge < -0.3 is 10.5 Å². The zero-order valence-corrected chi connectivity index (χ0v) is 8.18. The maximum Gasteiger partial charge on any atom is 0.0602 e. The molecule has 0 fully saturated rings. The largest absolute Gasteiger partial charge is 0.373 e. The molecule has 0 aliphatic heterocycles. The molecule has 0 aromatic carbocycles. The fraction of sp³-hybridized carbons (Fsp3) is 1.00. The first kappa shape index (κ1) is 10.9. The predicted molar refractivity (Wildman–Crippen MR) is 48.6 cm³/mol. The summed E-state index contributed by atoms with van der Waals surface area (Å²) in [6, 6.07) is 0. The summed E-state index contributed by atoms with van der Waals surface area (Å²) in [6.07, 6.45) is 2.45. The first-order valence-corrected chi connectivity index (χ1v) is 4.33. The van der Waals surface area contributed by atoms with E-state index in [0.29, 0.717) is 6.10 Å². The summed E-state index contributed by atoms with van der Waals surface area (Å²) in [4.78, 5) is 0. The van der Waals surface area contributed by atoms with Gasteiger partial charge in [0.25, 0.3) is 0 Å². The fourth-order valence-electron chi connectivity index (χ4n) is 1.07. The van der Waals surface area contributed by atoms with E-state index in [1.165, 1.54) is 0 Å². The Kier molecular flexibility index (Phi) is 4.69. The minimum atomic E-state index is -0.0198. The molecule has 2 nitrogen and oxygen atoms in total. The number of hydrogen-bond donors (Lipinski definition) is 1. The lowest BCUT2D eigenvalue weighted by molar-refractivity contribution is -0.0545. The van der Waals surface area contributed by atoms with Crippen molar-refractivity contribution >= 4 is 0 Å². The molecule has 11 heavy (non-hydrogen) atoms. The van der Waals surface area contributed by atoms with Crippen LogP contribution < -0.4 is 5.73 Å². The van der Waals surface area contributed by atoms with E-state index in [0.717, 1.165) is 19.4 Å². The van der Waals surface area contributed by atoms with Crippen LogP contribution in [0, 0.1) is 0 Å². The summed E-state index contributed by atoms with van der Waals surface area (Å²) in [7, 11) is 0. The van der Waals surface area contributed by atoms with Crippen molar-refractivity contribution in [3.8, 4) is 0 Å². The van der Waals surface area contributed by atoms with Crippen molar-refractivity contribution in [3.63, 3.8) is 0 Å². The van der Waals surface area contributed by atoms with Crippen molar-refractivity contribution in [2.24, 2.45) is 5.73 Å². The summed E-state index contributed by atoms with van der Waals surface area (Å²) >= 11 is 0. The van der Waals surface area contributed by atoms with Crippen LogP contribution >= 0.6 is 0 Å². The molecule has 0 spiro atoms. The Bertz CT molecular complexity index is 96.2. The Hall–Kier alpha value is -0.0800. The normalized spacial score (nSPS) is 15.0. The standard InChI is InChI=1S/C9H21NO/c1-8(6-5-7-10)11-9(2,3)4/h8H,5-7,10H2,1-4H3. The molecule has 0 aromatic rings. The summed E-state index contributed by atoms with van der Waals surface area (Å²) in [5.74, 6) is 0. The molecule has 2 heteroatoms. The van der Waals surface area contributed by atoms with E-state index in [9.17, 15) is 0 Å². The van der Waals surface area contributed by atoms with Gasteiger partial charge in [0.1, 0.15) is 0 Å². The van der Waals surface area contributed by atoms with Crippen LogP contribution in [0.5, 0.6) is 0 Å². The molecule has 0 aliphatic rings. The number of rotatable bonds is 4. The molecule has 0 radical (unpaired) electrons. The van der Waals surface area contributed by atoms with Gasteiger partial charge in [-0.1, -0.05) is 0 Å². The van der Waals surface area contributed by atoms with E-state index in [1.807, 2.05) is 0 Å². The lowest BCUT2D eigenvalue weighted by Crippen LogP contribution is -2.25. The van der Waals surface area contributed by atoms with Gasteiger partial charge >= 0.3 is 0 Å². The van der Waals surface area contributed by atoms with E-state index < -0.39 is 0 Å². The lowest BCUT2D eigenvalue weighted by Gasteiger charge is -2.24. The molecule has 2 N–H and O–H groups in total. The Morgan fingerprint density at radius 1 is 1.36 bits per heavy atom. The second kappa shape index (κ2) is 4.73. The van der Waals surface area contributed by atoms with Crippen LogP contribution in [0.4, 0.5) is 0 Å². The van der Waals surface area contributed by atoms with E-state index in [4.69, 9.17) is 10.5 Å². The highest BCUT2D eigenvalue weighted by atomic mass is 16.5. The van der Waals surface area contributed by atoms with E-state index in [2.05, 4.69) is 27.7 Å². The number of nitrogens with two attached hydrogens (primary N) is 1. The van der Waals surface area contributed by atoms with Gasteiger partial charge in [-0.2, -0.15) is 0 Å². The van der Waals surface area contributed by atoms with Crippen molar-refractivity contribution in [2.75, 3.05) is 6.54 Å². The van der Waals surface area contributed by atoms with Crippen molar-refractivity contribution in [1.82, 2.24) is 0 Å². The van der Waals surface area contributed by atoms with E-state index in [-0.39, 0.29) is 5.60 Å². The van der Waals surface area contributed by atoms with E-state index in [1.54, 1.807) is 0 Å². The Morgan fingerprint density at radius 2 is 1.91 bits per heavy atom. The third-order valence-electron chi connectivity index (χ3n) is 1.37. The third kappa shape index (κ3) is 7.82. The molecule has 68 valence electrons. The molecular weight excluding hydrogens is 138 g/mol. The second-order valence-corrected chi connectivity index (χ2v) is 3.97. The summed E-state index contributed by atoms with van der Waals surface area (Å²) in [5, 5.41) is 0. The zero-order chi connectivity index (χ0) is 8.91. The number of hydrogen-bond acceptors (Lipinski definition) is 2. The second-order valence-electron chi connectivity index (χ2n) is 3.97. The highest BCUT2D eigenvalue weighted by Gasteiger charge is 2.14. The first-order valence-electron chi connectivity index (χ1n) is 4.33. The van der Waals surface area contributed by atoms with Crippen LogP contribution in [0.15, 0.2) is 0 Å². The molecule has 1 unspecified atom stereocenters. The SMILES string of the molecule is CC(CCCN)OC(C)(C)C. The minimum absolute atomic E-state index is 0.0198.